The molecule has 0 aliphatic carbocycles. The standard InChI is InChI=1S/C22H25ClN2O3/c1-22(2,3)28-20(26)13-25-19-11-15(23)9-10-16(19)17(12-18(24)21(25)27)14-7-5-4-6-8-14/h4-11,17-18H,12-13,24H2,1-3H3/t17-,18-/m1/s1. The molecule has 3 rings (SSSR count). The number of esters is 1. The fraction of sp³-hybridized carbons (Fsp3) is 0.364. The second-order valence-electron chi connectivity index (χ2n) is 8.02. The maximum Gasteiger partial charge on any atom is 0.326 e. The van der Waals surface area contributed by atoms with Crippen LogP contribution in [0.3, 0.4) is 0 Å². The highest BCUT2D eigenvalue weighted by molar-refractivity contribution is 6.31. The van der Waals surface area contributed by atoms with Gasteiger partial charge >= 0.3 is 5.97 Å². The zero-order chi connectivity index (χ0) is 20.5. The summed E-state index contributed by atoms with van der Waals surface area (Å²) >= 11 is 6.23. The van der Waals surface area contributed by atoms with Crippen molar-refractivity contribution in [3.05, 3.63) is 64.7 Å². The molecule has 0 bridgehead atoms. The van der Waals surface area contributed by atoms with Gasteiger partial charge in [-0.15, -0.1) is 0 Å². The minimum Gasteiger partial charge on any atom is -0.459 e. The fourth-order valence-electron chi connectivity index (χ4n) is 3.51. The number of amides is 1. The number of carbonyl (C=O) groups excluding carboxylic acids is 2. The number of halogens is 1. The van der Waals surface area contributed by atoms with Crippen LogP contribution in [-0.2, 0) is 14.3 Å². The quantitative estimate of drug-likeness (QED) is 0.793. The summed E-state index contributed by atoms with van der Waals surface area (Å²) in [5.41, 5.74) is 8.18. The fourth-order valence-corrected chi connectivity index (χ4v) is 3.68. The molecule has 0 saturated carbocycles. The molecule has 0 fully saturated rings. The molecular weight excluding hydrogens is 376 g/mol. The number of ether oxygens (including phenoxy) is 1. The number of nitrogens with zero attached hydrogens (tertiary/aromatic N) is 1. The lowest BCUT2D eigenvalue weighted by Gasteiger charge is -2.26. The average Bonchev–Trinajstić information content (AvgIpc) is 2.71. The lowest BCUT2D eigenvalue weighted by atomic mass is 9.86. The van der Waals surface area contributed by atoms with Crippen molar-refractivity contribution in [3.63, 3.8) is 0 Å². The van der Waals surface area contributed by atoms with Gasteiger partial charge in [-0.2, -0.15) is 0 Å². The molecule has 0 saturated heterocycles. The molecule has 1 aliphatic heterocycles. The molecule has 148 valence electrons. The van der Waals surface area contributed by atoms with Crippen LogP contribution in [-0.4, -0.2) is 30.1 Å². The van der Waals surface area contributed by atoms with Crippen molar-refractivity contribution in [3.8, 4) is 0 Å². The summed E-state index contributed by atoms with van der Waals surface area (Å²) in [7, 11) is 0. The maximum atomic E-state index is 13.0. The zero-order valence-electron chi connectivity index (χ0n) is 16.3. The molecule has 2 N–H and O–H groups in total. The van der Waals surface area contributed by atoms with Crippen molar-refractivity contribution in [1.29, 1.82) is 0 Å². The van der Waals surface area contributed by atoms with Gasteiger partial charge in [-0.05, 0) is 50.5 Å². The highest BCUT2D eigenvalue weighted by Crippen LogP contribution is 2.40. The molecule has 5 nitrogen and oxygen atoms in total. The highest BCUT2D eigenvalue weighted by atomic mass is 35.5. The lowest BCUT2D eigenvalue weighted by Crippen LogP contribution is -2.46. The number of anilines is 1. The first-order valence-corrected chi connectivity index (χ1v) is 9.67. The predicted molar refractivity (Wildman–Crippen MR) is 111 cm³/mol. The van der Waals surface area contributed by atoms with Gasteiger partial charge in [0.25, 0.3) is 0 Å². The van der Waals surface area contributed by atoms with Crippen LogP contribution >= 0.6 is 11.6 Å². The van der Waals surface area contributed by atoms with Crippen LogP contribution in [0.1, 0.15) is 44.2 Å². The molecular formula is C22H25ClN2O3. The largest absolute Gasteiger partial charge is 0.459 e. The number of rotatable bonds is 3. The predicted octanol–water partition coefficient (Wildman–Crippen LogP) is 3.88. The van der Waals surface area contributed by atoms with Crippen LogP contribution < -0.4 is 10.6 Å². The summed E-state index contributed by atoms with van der Waals surface area (Å²) < 4.78 is 5.41. The summed E-state index contributed by atoms with van der Waals surface area (Å²) in [6.07, 6.45) is 0.447. The monoisotopic (exact) mass is 400 g/mol. The Morgan fingerprint density at radius 3 is 2.54 bits per heavy atom. The topological polar surface area (TPSA) is 72.6 Å². The molecule has 1 aliphatic rings. The van der Waals surface area contributed by atoms with Crippen LogP contribution in [0.5, 0.6) is 0 Å². The van der Waals surface area contributed by atoms with E-state index in [2.05, 4.69) is 0 Å². The third-order valence-electron chi connectivity index (χ3n) is 4.64. The summed E-state index contributed by atoms with van der Waals surface area (Å²) in [5.74, 6) is -0.874. The van der Waals surface area contributed by atoms with Gasteiger partial charge in [0, 0.05) is 16.6 Å². The molecule has 2 aromatic rings. The Morgan fingerprint density at radius 2 is 1.89 bits per heavy atom. The van der Waals surface area contributed by atoms with Gasteiger partial charge < -0.3 is 10.5 Å². The number of hydrogen-bond acceptors (Lipinski definition) is 4. The highest BCUT2D eigenvalue weighted by Gasteiger charge is 2.35. The minimum absolute atomic E-state index is 0.0731. The van der Waals surface area contributed by atoms with Gasteiger partial charge in [-0.1, -0.05) is 48.0 Å². The molecule has 1 heterocycles. The summed E-state index contributed by atoms with van der Waals surface area (Å²) in [6.45, 7) is 5.16. The van der Waals surface area contributed by atoms with Gasteiger partial charge in [-0.3, -0.25) is 14.5 Å². The van der Waals surface area contributed by atoms with Crippen LogP contribution in [0, 0.1) is 0 Å². The number of nitrogens with two attached hydrogens (primary N) is 1. The van der Waals surface area contributed by atoms with Gasteiger partial charge in [0.1, 0.15) is 12.1 Å². The van der Waals surface area contributed by atoms with Crippen molar-refractivity contribution in [2.45, 2.75) is 44.8 Å². The van der Waals surface area contributed by atoms with Crippen LogP contribution in [0.15, 0.2) is 48.5 Å². The van der Waals surface area contributed by atoms with E-state index < -0.39 is 17.6 Å². The number of fused-ring (bicyclic) bond motifs is 1. The van der Waals surface area contributed by atoms with Crippen LogP contribution in [0.2, 0.25) is 5.02 Å². The molecule has 0 aromatic heterocycles. The first-order valence-electron chi connectivity index (χ1n) is 9.29. The van der Waals surface area contributed by atoms with Gasteiger partial charge in [0.05, 0.1) is 6.04 Å². The molecule has 2 atom stereocenters. The minimum atomic E-state index is -0.737. The Morgan fingerprint density at radius 1 is 1.21 bits per heavy atom. The molecule has 0 radical (unpaired) electrons. The Labute approximate surface area is 170 Å². The molecule has 1 amide bonds. The lowest BCUT2D eigenvalue weighted by molar-refractivity contribution is -0.153. The van der Waals surface area contributed by atoms with Crippen molar-refractivity contribution >= 4 is 29.2 Å². The Kier molecular flexibility index (Phi) is 5.77. The van der Waals surface area contributed by atoms with Crippen LogP contribution in [0.25, 0.3) is 0 Å². The van der Waals surface area contributed by atoms with E-state index in [4.69, 9.17) is 22.1 Å². The summed E-state index contributed by atoms with van der Waals surface area (Å²) in [4.78, 5) is 26.9. The van der Waals surface area contributed by atoms with E-state index in [1.165, 1.54) is 4.90 Å². The third-order valence-corrected chi connectivity index (χ3v) is 4.88. The van der Waals surface area contributed by atoms with Crippen molar-refractivity contribution in [2.75, 3.05) is 11.4 Å². The van der Waals surface area contributed by atoms with Gasteiger partial charge in [0.15, 0.2) is 0 Å². The first kappa shape index (κ1) is 20.4. The number of hydrogen-bond donors (Lipinski definition) is 1. The normalized spacial score (nSPS) is 19.8. The molecule has 0 unspecified atom stereocenters. The van der Waals surface area contributed by atoms with E-state index in [-0.39, 0.29) is 18.4 Å². The van der Waals surface area contributed by atoms with Crippen molar-refractivity contribution < 1.29 is 14.3 Å². The zero-order valence-corrected chi connectivity index (χ0v) is 17.1. The van der Waals surface area contributed by atoms with Gasteiger partial charge in [0.2, 0.25) is 5.91 Å². The van der Waals surface area contributed by atoms with Gasteiger partial charge in [-0.25, -0.2) is 0 Å². The first-order chi connectivity index (χ1) is 13.2. The van der Waals surface area contributed by atoms with Crippen LogP contribution in [0.4, 0.5) is 5.69 Å². The summed E-state index contributed by atoms with van der Waals surface area (Å²) in [6, 6.07) is 14.6. The van der Waals surface area contributed by atoms with E-state index in [0.717, 1.165) is 11.1 Å². The number of benzene rings is 2. The maximum absolute atomic E-state index is 13.0. The second-order valence-corrected chi connectivity index (χ2v) is 8.46. The van der Waals surface area contributed by atoms with E-state index in [1.54, 1.807) is 32.9 Å². The Hall–Kier alpha value is -2.37. The molecule has 2 aromatic carbocycles. The number of carbonyl (C=O) groups is 2. The third kappa shape index (κ3) is 4.54. The molecule has 28 heavy (non-hydrogen) atoms. The SMILES string of the molecule is CC(C)(C)OC(=O)CN1C(=O)[C@H](N)C[C@H](c2ccccc2)c2ccc(Cl)cc21. The molecule has 6 heteroatoms. The Bertz CT molecular complexity index is 877. The van der Waals surface area contributed by atoms with Crippen molar-refractivity contribution in [1.82, 2.24) is 0 Å². The van der Waals surface area contributed by atoms with E-state index >= 15 is 0 Å². The molecule has 0 spiro atoms. The average molecular weight is 401 g/mol. The van der Waals surface area contributed by atoms with E-state index in [0.29, 0.717) is 17.1 Å². The summed E-state index contributed by atoms with van der Waals surface area (Å²) in [5, 5.41) is 0.489. The second kappa shape index (κ2) is 7.94. The smallest absolute Gasteiger partial charge is 0.326 e. The van der Waals surface area contributed by atoms with Crippen molar-refractivity contribution in [2.24, 2.45) is 5.73 Å². The van der Waals surface area contributed by atoms with E-state index in [9.17, 15) is 9.59 Å². The Balaban J connectivity index is 2.05. The van der Waals surface area contributed by atoms with E-state index in [1.807, 2.05) is 36.4 Å².